The van der Waals surface area contributed by atoms with E-state index in [1.807, 2.05) is 13.8 Å². The highest BCUT2D eigenvalue weighted by Gasteiger charge is 2.41. The average Bonchev–Trinajstić information content (AvgIpc) is 2.60. The molecule has 0 spiro atoms. The summed E-state index contributed by atoms with van der Waals surface area (Å²) in [6, 6.07) is 17.0. The normalized spacial score (nSPS) is 11.2. The van der Waals surface area contributed by atoms with Gasteiger partial charge in [0, 0.05) is 6.04 Å². The number of nitrogens with one attached hydrogen (secondary N) is 1. The van der Waals surface area contributed by atoms with E-state index in [9.17, 15) is 14.7 Å². The Morgan fingerprint density at radius 2 is 1.46 bits per heavy atom. The third-order valence-electron chi connectivity index (χ3n) is 3.46. The molecule has 126 valence electrons. The predicted molar refractivity (Wildman–Crippen MR) is 90.1 cm³/mol. The molecule has 2 rings (SSSR count). The summed E-state index contributed by atoms with van der Waals surface area (Å²) in [5, 5.41) is 13.7. The third kappa shape index (κ3) is 4.00. The van der Waals surface area contributed by atoms with Crippen molar-refractivity contribution in [2.24, 2.45) is 0 Å². The van der Waals surface area contributed by atoms with Crippen LogP contribution < -0.4 is 5.32 Å². The van der Waals surface area contributed by atoms with E-state index < -0.39 is 24.1 Å². The predicted octanol–water partition coefficient (Wildman–Crippen LogP) is 1.99. The SMILES string of the molecule is CC(C)NC(=O)COC(=O)C(O)(c1ccccc1)c1ccccc1. The molecule has 2 N–H and O–H groups in total. The minimum Gasteiger partial charge on any atom is -0.453 e. The maximum Gasteiger partial charge on any atom is 0.348 e. The molecule has 0 radical (unpaired) electrons. The van der Waals surface area contributed by atoms with Gasteiger partial charge in [-0.2, -0.15) is 0 Å². The number of benzene rings is 2. The maximum atomic E-state index is 12.6. The van der Waals surface area contributed by atoms with E-state index in [4.69, 9.17) is 4.74 Å². The molecule has 2 aromatic rings. The molecule has 24 heavy (non-hydrogen) atoms. The molecular formula is C19H21NO4. The molecule has 1 amide bonds. The van der Waals surface area contributed by atoms with Crippen LogP contribution >= 0.6 is 0 Å². The first-order valence-electron chi connectivity index (χ1n) is 7.74. The van der Waals surface area contributed by atoms with Gasteiger partial charge in [-0.05, 0) is 25.0 Å². The lowest BCUT2D eigenvalue weighted by molar-refractivity contribution is -0.164. The van der Waals surface area contributed by atoms with Gasteiger partial charge in [-0.25, -0.2) is 4.79 Å². The van der Waals surface area contributed by atoms with Gasteiger partial charge in [0.05, 0.1) is 0 Å². The number of amides is 1. The maximum absolute atomic E-state index is 12.6. The largest absolute Gasteiger partial charge is 0.453 e. The molecule has 5 nitrogen and oxygen atoms in total. The fraction of sp³-hybridized carbons (Fsp3) is 0.263. The number of carbonyl (C=O) groups is 2. The van der Waals surface area contributed by atoms with E-state index in [0.717, 1.165) is 0 Å². The summed E-state index contributed by atoms with van der Waals surface area (Å²) < 4.78 is 5.08. The quantitative estimate of drug-likeness (QED) is 0.796. The van der Waals surface area contributed by atoms with Crippen LogP contribution in [0.5, 0.6) is 0 Å². The summed E-state index contributed by atoms with van der Waals surface area (Å²) in [6.07, 6.45) is 0. The fourth-order valence-corrected chi connectivity index (χ4v) is 2.36. The zero-order chi connectivity index (χ0) is 17.6. The number of aliphatic hydroxyl groups is 1. The lowest BCUT2D eigenvalue weighted by atomic mass is 9.86. The minimum absolute atomic E-state index is 0.0571. The lowest BCUT2D eigenvalue weighted by Crippen LogP contribution is -2.41. The van der Waals surface area contributed by atoms with E-state index in [1.54, 1.807) is 60.7 Å². The summed E-state index contributed by atoms with van der Waals surface area (Å²) in [7, 11) is 0. The fourth-order valence-electron chi connectivity index (χ4n) is 2.36. The van der Waals surface area contributed by atoms with Crippen LogP contribution in [0.1, 0.15) is 25.0 Å². The first kappa shape index (κ1) is 17.7. The summed E-state index contributed by atoms with van der Waals surface area (Å²) in [5.41, 5.74) is -1.21. The molecule has 0 saturated carbocycles. The van der Waals surface area contributed by atoms with Crippen molar-refractivity contribution >= 4 is 11.9 Å². The van der Waals surface area contributed by atoms with Crippen LogP contribution in [0.3, 0.4) is 0 Å². The van der Waals surface area contributed by atoms with Crippen LogP contribution in [0.2, 0.25) is 0 Å². The Balaban J connectivity index is 2.27. The van der Waals surface area contributed by atoms with E-state index in [-0.39, 0.29) is 6.04 Å². The van der Waals surface area contributed by atoms with E-state index in [2.05, 4.69) is 5.32 Å². The van der Waals surface area contributed by atoms with Crippen LogP contribution in [-0.2, 0) is 19.9 Å². The van der Waals surface area contributed by atoms with Crippen molar-refractivity contribution in [1.82, 2.24) is 5.32 Å². The second-order valence-electron chi connectivity index (χ2n) is 5.74. The molecule has 0 bridgehead atoms. The standard InChI is InChI=1S/C19H21NO4/c1-14(2)20-17(21)13-24-18(22)19(23,15-9-5-3-6-10-15)16-11-7-4-8-12-16/h3-12,14,23H,13H2,1-2H3,(H,20,21). The van der Waals surface area contributed by atoms with Crippen LogP contribution in [0.25, 0.3) is 0 Å². The molecule has 0 fully saturated rings. The molecule has 0 saturated heterocycles. The summed E-state index contributed by atoms with van der Waals surface area (Å²) in [5.74, 6) is -1.30. The van der Waals surface area contributed by atoms with Crippen LogP contribution in [0.4, 0.5) is 0 Å². The Morgan fingerprint density at radius 1 is 1.00 bits per heavy atom. The molecule has 5 heteroatoms. The highest BCUT2D eigenvalue weighted by molar-refractivity contribution is 5.88. The Kier molecular flexibility index (Phi) is 5.71. The monoisotopic (exact) mass is 327 g/mol. The molecule has 0 aliphatic heterocycles. The molecule has 0 aromatic heterocycles. The number of hydrogen-bond donors (Lipinski definition) is 2. The number of rotatable bonds is 6. The van der Waals surface area contributed by atoms with Crippen LogP contribution in [-0.4, -0.2) is 29.6 Å². The molecule has 0 aliphatic carbocycles. The zero-order valence-electron chi connectivity index (χ0n) is 13.7. The van der Waals surface area contributed by atoms with Crippen molar-refractivity contribution in [2.45, 2.75) is 25.5 Å². The molecule has 0 atom stereocenters. The summed E-state index contributed by atoms with van der Waals surface area (Å²) in [4.78, 5) is 24.3. The molecule has 0 aliphatic rings. The van der Waals surface area contributed by atoms with Crippen molar-refractivity contribution < 1.29 is 19.4 Å². The van der Waals surface area contributed by atoms with Gasteiger partial charge in [0.25, 0.3) is 5.91 Å². The van der Waals surface area contributed by atoms with E-state index in [1.165, 1.54) is 0 Å². The van der Waals surface area contributed by atoms with Gasteiger partial charge in [-0.3, -0.25) is 4.79 Å². The van der Waals surface area contributed by atoms with Gasteiger partial charge in [0.15, 0.2) is 6.61 Å². The Morgan fingerprint density at radius 3 is 1.88 bits per heavy atom. The number of ether oxygens (including phenoxy) is 1. The van der Waals surface area contributed by atoms with Gasteiger partial charge in [-0.1, -0.05) is 60.7 Å². The van der Waals surface area contributed by atoms with Crippen LogP contribution in [0.15, 0.2) is 60.7 Å². The van der Waals surface area contributed by atoms with Crippen molar-refractivity contribution in [3.8, 4) is 0 Å². The molecular weight excluding hydrogens is 306 g/mol. The Labute approximate surface area is 141 Å². The van der Waals surface area contributed by atoms with Gasteiger partial charge >= 0.3 is 5.97 Å². The lowest BCUT2D eigenvalue weighted by Gasteiger charge is -2.27. The van der Waals surface area contributed by atoms with E-state index >= 15 is 0 Å². The number of esters is 1. The third-order valence-corrected chi connectivity index (χ3v) is 3.46. The highest BCUT2D eigenvalue weighted by Crippen LogP contribution is 2.30. The van der Waals surface area contributed by atoms with Crippen molar-refractivity contribution in [3.63, 3.8) is 0 Å². The van der Waals surface area contributed by atoms with Crippen molar-refractivity contribution in [3.05, 3.63) is 71.8 Å². The molecule has 0 heterocycles. The Hall–Kier alpha value is -2.66. The van der Waals surface area contributed by atoms with Gasteiger partial charge in [0.2, 0.25) is 5.60 Å². The summed E-state index contributed by atoms with van der Waals surface area (Å²) >= 11 is 0. The average molecular weight is 327 g/mol. The second kappa shape index (κ2) is 7.75. The first-order valence-corrected chi connectivity index (χ1v) is 7.74. The highest BCUT2D eigenvalue weighted by atomic mass is 16.6. The molecule has 0 unspecified atom stereocenters. The summed E-state index contributed by atoms with van der Waals surface area (Å²) in [6.45, 7) is 3.17. The van der Waals surface area contributed by atoms with Gasteiger partial charge in [-0.15, -0.1) is 0 Å². The molecule has 2 aromatic carbocycles. The second-order valence-corrected chi connectivity index (χ2v) is 5.74. The smallest absolute Gasteiger partial charge is 0.348 e. The number of carbonyl (C=O) groups excluding carboxylic acids is 2. The number of hydrogen-bond acceptors (Lipinski definition) is 4. The van der Waals surface area contributed by atoms with Crippen molar-refractivity contribution in [2.75, 3.05) is 6.61 Å². The first-order chi connectivity index (χ1) is 11.4. The van der Waals surface area contributed by atoms with E-state index in [0.29, 0.717) is 11.1 Å². The van der Waals surface area contributed by atoms with Crippen LogP contribution in [0, 0.1) is 0 Å². The van der Waals surface area contributed by atoms with Gasteiger partial charge < -0.3 is 15.2 Å². The minimum atomic E-state index is -1.97. The Bertz CT molecular complexity index is 644. The van der Waals surface area contributed by atoms with Crippen molar-refractivity contribution in [1.29, 1.82) is 0 Å². The van der Waals surface area contributed by atoms with Gasteiger partial charge in [0.1, 0.15) is 0 Å². The zero-order valence-corrected chi connectivity index (χ0v) is 13.7. The topological polar surface area (TPSA) is 75.6 Å².